The van der Waals surface area contributed by atoms with Crippen LogP contribution in [0.25, 0.3) is 0 Å². The molecule has 78 valence electrons. The van der Waals surface area contributed by atoms with Crippen molar-refractivity contribution in [2.45, 2.75) is 26.0 Å². The van der Waals surface area contributed by atoms with Crippen molar-refractivity contribution in [2.75, 3.05) is 13.6 Å². The van der Waals surface area contributed by atoms with Gasteiger partial charge in [-0.05, 0) is 20.4 Å². The number of rotatable bonds is 5. The van der Waals surface area contributed by atoms with Gasteiger partial charge >= 0.3 is 0 Å². The van der Waals surface area contributed by atoms with Gasteiger partial charge in [-0.15, -0.1) is 0 Å². The van der Waals surface area contributed by atoms with E-state index in [2.05, 4.69) is 14.9 Å². The summed E-state index contributed by atoms with van der Waals surface area (Å²) in [6.07, 6.45) is 5.71. The molecule has 14 heavy (non-hydrogen) atoms. The molecule has 0 aliphatic heterocycles. The van der Waals surface area contributed by atoms with Gasteiger partial charge in [0.1, 0.15) is 6.33 Å². The van der Waals surface area contributed by atoms with E-state index in [9.17, 15) is 0 Å². The molecule has 1 unspecified atom stereocenters. The molecule has 0 aromatic carbocycles. The Morgan fingerprint density at radius 1 is 1.43 bits per heavy atom. The molecule has 0 fully saturated rings. The molecular formula is C10H17N3O. The van der Waals surface area contributed by atoms with Gasteiger partial charge in [0.05, 0.1) is 6.10 Å². The zero-order valence-corrected chi connectivity index (χ0v) is 8.72. The molecule has 0 bridgehead atoms. The average Bonchev–Trinajstić information content (AvgIpc) is 2.16. The zero-order chi connectivity index (χ0) is 10.4. The second kappa shape index (κ2) is 5.67. The number of hydrogen-bond acceptors (Lipinski definition) is 4. The second-order valence-electron chi connectivity index (χ2n) is 3.62. The van der Waals surface area contributed by atoms with Gasteiger partial charge in [-0.25, -0.2) is 9.97 Å². The SMILES string of the molecule is CC(O)CCN(C)Cc1cncnc1. The summed E-state index contributed by atoms with van der Waals surface area (Å²) in [5, 5.41) is 9.12. The summed E-state index contributed by atoms with van der Waals surface area (Å²) in [4.78, 5) is 10.0. The minimum atomic E-state index is -0.232. The van der Waals surface area contributed by atoms with Crippen LogP contribution in [0, 0.1) is 0 Å². The largest absolute Gasteiger partial charge is 0.393 e. The van der Waals surface area contributed by atoms with E-state index in [0.717, 1.165) is 25.1 Å². The Kier molecular flexibility index (Phi) is 4.49. The van der Waals surface area contributed by atoms with Crippen LogP contribution in [-0.2, 0) is 6.54 Å². The predicted molar refractivity (Wildman–Crippen MR) is 54.7 cm³/mol. The monoisotopic (exact) mass is 195 g/mol. The van der Waals surface area contributed by atoms with Crippen molar-refractivity contribution in [3.63, 3.8) is 0 Å². The van der Waals surface area contributed by atoms with Crippen molar-refractivity contribution in [1.82, 2.24) is 14.9 Å². The Bertz CT molecular complexity index is 251. The fourth-order valence-electron chi connectivity index (χ4n) is 1.21. The van der Waals surface area contributed by atoms with Crippen molar-refractivity contribution in [3.05, 3.63) is 24.3 Å². The van der Waals surface area contributed by atoms with E-state index >= 15 is 0 Å². The Morgan fingerprint density at radius 3 is 2.64 bits per heavy atom. The molecule has 1 atom stereocenters. The molecule has 0 amide bonds. The van der Waals surface area contributed by atoms with E-state index in [0.29, 0.717) is 0 Å². The standard InChI is InChI=1S/C10H17N3O/c1-9(14)3-4-13(2)7-10-5-11-8-12-6-10/h5-6,8-9,14H,3-4,7H2,1-2H3. The van der Waals surface area contributed by atoms with Crippen molar-refractivity contribution in [3.8, 4) is 0 Å². The van der Waals surface area contributed by atoms with Crippen LogP contribution in [0.5, 0.6) is 0 Å². The van der Waals surface area contributed by atoms with Crippen molar-refractivity contribution >= 4 is 0 Å². The van der Waals surface area contributed by atoms with Gasteiger partial charge in [0.2, 0.25) is 0 Å². The molecule has 0 aliphatic carbocycles. The zero-order valence-electron chi connectivity index (χ0n) is 8.72. The van der Waals surface area contributed by atoms with Gasteiger partial charge in [0.25, 0.3) is 0 Å². The molecule has 1 heterocycles. The third-order valence-corrected chi connectivity index (χ3v) is 2.00. The molecule has 1 aromatic heterocycles. The minimum absolute atomic E-state index is 0.232. The number of aliphatic hydroxyl groups is 1. The van der Waals surface area contributed by atoms with Crippen molar-refractivity contribution in [1.29, 1.82) is 0 Å². The third kappa shape index (κ3) is 4.30. The van der Waals surface area contributed by atoms with Gasteiger partial charge in [0.15, 0.2) is 0 Å². The normalized spacial score (nSPS) is 13.1. The third-order valence-electron chi connectivity index (χ3n) is 2.00. The quantitative estimate of drug-likeness (QED) is 0.750. The first kappa shape index (κ1) is 11.1. The summed E-state index contributed by atoms with van der Waals surface area (Å²) in [7, 11) is 2.02. The number of aromatic nitrogens is 2. The van der Waals surface area contributed by atoms with Gasteiger partial charge in [-0.1, -0.05) is 0 Å². The highest BCUT2D eigenvalue weighted by molar-refractivity contribution is 5.01. The molecule has 0 spiro atoms. The summed E-state index contributed by atoms with van der Waals surface area (Å²) in [5.41, 5.74) is 1.10. The first-order valence-electron chi connectivity index (χ1n) is 4.79. The summed E-state index contributed by atoms with van der Waals surface area (Å²) >= 11 is 0. The minimum Gasteiger partial charge on any atom is -0.393 e. The van der Waals surface area contributed by atoms with Crippen LogP contribution in [0.1, 0.15) is 18.9 Å². The maximum Gasteiger partial charge on any atom is 0.115 e. The molecule has 1 aromatic rings. The van der Waals surface area contributed by atoms with Crippen LogP contribution in [0.3, 0.4) is 0 Å². The summed E-state index contributed by atoms with van der Waals surface area (Å²) in [6, 6.07) is 0. The first-order chi connectivity index (χ1) is 6.68. The molecule has 1 N–H and O–H groups in total. The fraction of sp³-hybridized carbons (Fsp3) is 0.600. The van der Waals surface area contributed by atoms with Gasteiger partial charge in [-0.2, -0.15) is 0 Å². The Morgan fingerprint density at radius 2 is 2.07 bits per heavy atom. The van der Waals surface area contributed by atoms with Crippen LogP contribution in [0.4, 0.5) is 0 Å². The lowest BCUT2D eigenvalue weighted by Crippen LogP contribution is -2.22. The molecule has 1 rings (SSSR count). The lowest BCUT2D eigenvalue weighted by atomic mass is 10.2. The van der Waals surface area contributed by atoms with Gasteiger partial charge < -0.3 is 10.0 Å². The first-order valence-corrected chi connectivity index (χ1v) is 4.79. The molecule has 0 saturated heterocycles. The van der Waals surface area contributed by atoms with E-state index in [-0.39, 0.29) is 6.10 Å². The summed E-state index contributed by atoms with van der Waals surface area (Å²) < 4.78 is 0. The second-order valence-corrected chi connectivity index (χ2v) is 3.62. The van der Waals surface area contributed by atoms with Crippen LogP contribution in [0.2, 0.25) is 0 Å². The van der Waals surface area contributed by atoms with Crippen molar-refractivity contribution < 1.29 is 5.11 Å². The van der Waals surface area contributed by atoms with E-state index in [1.54, 1.807) is 6.92 Å². The topological polar surface area (TPSA) is 49.2 Å². The predicted octanol–water partition coefficient (Wildman–Crippen LogP) is 0.679. The molecule has 0 radical (unpaired) electrons. The van der Waals surface area contributed by atoms with Gasteiger partial charge in [-0.3, -0.25) is 0 Å². The summed E-state index contributed by atoms with van der Waals surface area (Å²) in [6.45, 7) is 3.51. The average molecular weight is 195 g/mol. The highest BCUT2D eigenvalue weighted by Gasteiger charge is 2.02. The number of aliphatic hydroxyl groups excluding tert-OH is 1. The van der Waals surface area contributed by atoms with Crippen LogP contribution in [-0.4, -0.2) is 39.7 Å². The van der Waals surface area contributed by atoms with Crippen LogP contribution >= 0.6 is 0 Å². The molecule has 0 aliphatic rings. The van der Waals surface area contributed by atoms with E-state index < -0.39 is 0 Å². The highest BCUT2D eigenvalue weighted by atomic mass is 16.3. The Balaban J connectivity index is 2.30. The molecule has 0 saturated carbocycles. The number of nitrogens with zero attached hydrogens (tertiary/aromatic N) is 3. The fourth-order valence-corrected chi connectivity index (χ4v) is 1.21. The lowest BCUT2D eigenvalue weighted by Gasteiger charge is -2.16. The molecule has 4 heteroatoms. The number of hydrogen-bond donors (Lipinski definition) is 1. The Hall–Kier alpha value is -1.00. The molecular weight excluding hydrogens is 178 g/mol. The lowest BCUT2D eigenvalue weighted by molar-refractivity contribution is 0.163. The highest BCUT2D eigenvalue weighted by Crippen LogP contribution is 2.00. The maximum atomic E-state index is 9.12. The summed E-state index contributed by atoms with van der Waals surface area (Å²) in [5.74, 6) is 0. The van der Waals surface area contributed by atoms with E-state index in [4.69, 9.17) is 5.11 Å². The van der Waals surface area contributed by atoms with Crippen LogP contribution < -0.4 is 0 Å². The Labute approximate surface area is 84.6 Å². The van der Waals surface area contributed by atoms with E-state index in [1.165, 1.54) is 6.33 Å². The molecule has 4 nitrogen and oxygen atoms in total. The van der Waals surface area contributed by atoms with Crippen molar-refractivity contribution in [2.24, 2.45) is 0 Å². The smallest absolute Gasteiger partial charge is 0.115 e. The maximum absolute atomic E-state index is 9.12. The van der Waals surface area contributed by atoms with E-state index in [1.807, 2.05) is 19.4 Å². The van der Waals surface area contributed by atoms with Crippen LogP contribution in [0.15, 0.2) is 18.7 Å². The van der Waals surface area contributed by atoms with Gasteiger partial charge in [0, 0.05) is 31.0 Å².